The van der Waals surface area contributed by atoms with Gasteiger partial charge in [0.05, 0.1) is 11.9 Å². The van der Waals surface area contributed by atoms with Crippen LogP contribution in [0.5, 0.6) is 0 Å². The number of nitrogen functional groups attached to an aromatic ring is 1. The second-order valence-electron chi connectivity index (χ2n) is 4.15. The molecular formula is C11H11N3O3. The van der Waals surface area contributed by atoms with Crippen LogP contribution in [0.2, 0.25) is 0 Å². The zero-order chi connectivity index (χ0) is 12.0. The number of morpholine rings is 1. The van der Waals surface area contributed by atoms with Gasteiger partial charge in [-0.25, -0.2) is 9.88 Å². The Morgan fingerprint density at radius 1 is 1.24 bits per heavy atom. The van der Waals surface area contributed by atoms with E-state index in [1.54, 1.807) is 12.1 Å². The monoisotopic (exact) mass is 233 g/mol. The molecule has 0 aromatic carbocycles. The van der Waals surface area contributed by atoms with E-state index in [0.717, 1.165) is 4.90 Å². The molecule has 88 valence electrons. The average molecular weight is 233 g/mol. The molecule has 2 N–H and O–H groups in total. The van der Waals surface area contributed by atoms with Crippen LogP contribution < -0.4 is 10.6 Å². The van der Waals surface area contributed by atoms with Gasteiger partial charge < -0.3 is 10.5 Å². The van der Waals surface area contributed by atoms with E-state index in [1.165, 1.54) is 6.20 Å². The molecule has 6 nitrogen and oxygen atoms in total. The van der Waals surface area contributed by atoms with Gasteiger partial charge in [0.2, 0.25) is 0 Å². The van der Waals surface area contributed by atoms with Crippen molar-refractivity contribution in [1.82, 2.24) is 4.98 Å². The first-order valence-corrected chi connectivity index (χ1v) is 5.41. The average Bonchev–Trinajstić information content (AvgIpc) is 2.76. The van der Waals surface area contributed by atoms with Gasteiger partial charge in [0.25, 0.3) is 11.8 Å². The lowest BCUT2D eigenvalue weighted by Gasteiger charge is -2.28. The minimum Gasteiger partial charge on any atom is -0.397 e. The second-order valence-corrected chi connectivity index (χ2v) is 4.15. The van der Waals surface area contributed by atoms with Crippen molar-refractivity contribution in [1.29, 1.82) is 0 Å². The topological polar surface area (TPSA) is 85.5 Å². The van der Waals surface area contributed by atoms with Crippen LogP contribution >= 0.6 is 0 Å². The summed E-state index contributed by atoms with van der Waals surface area (Å²) in [5, 5.41) is 0. The largest absolute Gasteiger partial charge is 0.397 e. The molecule has 17 heavy (non-hydrogen) atoms. The lowest BCUT2D eigenvalue weighted by molar-refractivity contribution is -0.146. The van der Waals surface area contributed by atoms with E-state index >= 15 is 0 Å². The summed E-state index contributed by atoms with van der Waals surface area (Å²) in [6, 6.07) is 3.18. The predicted octanol–water partition coefficient (Wildman–Crippen LogP) is 0.0846. The minimum atomic E-state index is -0.503. The first-order chi connectivity index (χ1) is 8.16. The zero-order valence-corrected chi connectivity index (χ0v) is 9.00. The third-order valence-electron chi connectivity index (χ3n) is 3.01. The highest BCUT2D eigenvalue weighted by molar-refractivity contribution is 6.19. The van der Waals surface area contributed by atoms with Gasteiger partial charge in [-0.2, -0.15) is 0 Å². The number of nitrogens with zero attached hydrogens (tertiary/aromatic N) is 2. The van der Waals surface area contributed by atoms with Crippen molar-refractivity contribution < 1.29 is 14.3 Å². The molecule has 2 fully saturated rings. The molecule has 2 amide bonds. The van der Waals surface area contributed by atoms with Crippen LogP contribution in [0.25, 0.3) is 0 Å². The fourth-order valence-electron chi connectivity index (χ4n) is 2.15. The van der Waals surface area contributed by atoms with Crippen molar-refractivity contribution in [3.63, 3.8) is 0 Å². The van der Waals surface area contributed by atoms with E-state index in [4.69, 9.17) is 10.5 Å². The summed E-state index contributed by atoms with van der Waals surface area (Å²) < 4.78 is 5.30. The lowest BCUT2D eigenvalue weighted by Crippen LogP contribution is -2.52. The maximum absolute atomic E-state index is 12.0. The van der Waals surface area contributed by atoms with Crippen LogP contribution in [0.15, 0.2) is 18.3 Å². The molecule has 0 aliphatic carbocycles. The van der Waals surface area contributed by atoms with E-state index < -0.39 is 12.2 Å². The number of anilines is 2. The molecule has 2 bridgehead atoms. The summed E-state index contributed by atoms with van der Waals surface area (Å²) in [7, 11) is 0. The summed E-state index contributed by atoms with van der Waals surface area (Å²) in [4.78, 5) is 29.1. The van der Waals surface area contributed by atoms with E-state index in [0.29, 0.717) is 24.3 Å². The highest BCUT2D eigenvalue weighted by Gasteiger charge is 2.47. The maximum atomic E-state index is 12.0. The molecule has 2 saturated heterocycles. The fraction of sp³-hybridized carbons (Fsp3) is 0.364. The standard InChI is InChI=1S/C11H11N3O3/c12-6-1-4-9(13-5-6)14-10(15)7-2-3-8(17-7)11(14)16/h1,4-5,7-8H,2-3,12H2. The Bertz CT molecular complexity index is 463. The van der Waals surface area contributed by atoms with Crippen molar-refractivity contribution in [2.45, 2.75) is 25.0 Å². The number of amides is 2. The Labute approximate surface area is 97.4 Å². The highest BCUT2D eigenvalue weighted by Crippen LogP contribution is 2.30. The smallest absolute Gasteiger partial charge is 0.264 e. The van der Waals surface area contributed by atoms with Crippen molar-refractivity contribution >= 4 is 23.3 Å². The fourth-order valence-corrected chi connectivity index (χ4v) is 2.15. The Morgan fingerprint density at radius 2 is 1.88 bits per heavy atom. The predicted molar refractivity (Wildman–Crippen MR) is 59.0 cm³/mol. The van der Waals surface area contributed by atoms with Crippen LogP contribution in [0.3, 0.4) is 0 Å². The number of carbonyl (C=O) groups excluding carboxylic acids is 2. The maximum Gasteiger partial charge on any atom is 0.264 e. The number of rotatable bonds is 1. The van der Waals surface area contributed by atoms with Crippen LogP contribution in [-0.4, -0.2) is 29.0 Å². The molecule has 2 aliphatic heterocycles. The molecule has 2 atom stereocenters. The van der Waals surface area contributed by atoms with Crippen LogP contribution in [-0.2, 0) is 14.3 Å². The molecule has 1 aromatic heterocycles. The molecule has 0 saturated carbocycles. The van der Waals surface area contributed by atoms with E-state index in [1.807, 2.05) is 0 Å². The van der Waals surface area contributed by atoms with Gasteiger partial charge in [0.1, 0.15) is 18.0 Å². The third kappa shape index (κ3) is 1.49. The summed E-state index contributed by atoms with van der Waals surface area (Å²) in [5.74, 6) is -0.351. The molecular weight excluding hydrogens is 222 g/mol. The first kappa shape index (κ1) is 10.2. The second kappa shape index (κ2) is 3.53. The molecule has 0 spiro atoms. The van der Waals surface area contributed by atoms with Crippen molar-refractivity contribution in [2.24, 2.45) is 0 Å². The molecule has 3 heterocycles. The van der Waals surface area contributed by atoms with Gasteiger partial charge >= 0.3 is 0 Å². The number of fused-ring (bicyclic) bond motifs is 2. The minimum absolute atomic E-state index is 0.314. The van der Waals surface area contributed by atoms with Crippen LogP contribution in [0, 0.1) is 0 Å². The summed E-state index contributed by atoms with van der Waals surface area (Å²) in [6.45, 7) is 0. The van der Waals surface area contributed by atoms with Gasteiger partial charge in [-0.15, -0.1) is 0 Å². The Morgan fingerprint density at radius 3 is 2.41 bits per heavy atom. The first-order valence-electron chi connectivity index (χ1n) is 5.41. The van der Waals surface area contributed by atoms with Gasteiger partial charge in [-0.05, 0) is 25.0 Å². The normalized spacial score (nSPS) is 27.6. The Kier molecular flexibility index (Phi) is 2.12. The summed E-state index contributed by atoms with van der Waals surface area (Å²) >= 11 is 0. The van der Waals surface area contributed by atoms with Gasteiger partial charge in [-0.1, -0.05) is 0 Å². The highest BCUT2D eigenvalue weighted by atomic mass is 16.5. The van der Waals surface area contributed by atoms with Crippen LogP contribution in [0.4, 0.5) is 11.5 Å². The quantitative estimate of drug-likeness (QED) is 0.694. The molecule has 2 unspecified atom stereocenters. The zero-order valence-electron chi connectivity index (χ0n) is 9.00. The molecule has 1 aromatic rings. The van der Waals surface area contributed by atoms with E-state index in [-0.39, 0.29) is 11.8 Å². The number of carbonyl (C=O) groups is 2. The number of pyridine rings is 1. The number of imide groups is 1. The van der Waals surface area contributed by atoms with Crippen molar-refractivity contribution in [3.8, 4) is 0 Å². The van der Waals surface area contributed by atoms with Crippen LogP contribution in [0.1, 0.15) is 12.8 Å². The van der Waals surface area contributed by atoms with E-state index in [9.17, 15) is 9.59 Å². The summed E-state index contributed by atoms with van der Waals surface area (Å²) in [5.41, 5.74) is 6.01. The Hall–Kier alpha value is -1.95. The number of aromatic nitrogens is 1. The Balaban J connectivity index is 1.99. The molecule has 3 rings (SSSR count). The number of hydrogen-bond acceptors (Lipinski definition) is 5. The molecule has 6 heteroatoms. The van der Waals surface area contributed by atoms with Crippen molar-refractivity contribution in [3.05, 3.63) is 18.3 Å². The third-order valence-corrected chi connectivity index (χ3v) is 3.01. The van der Waals surface area contributed by atoms with Gasteiger partial charge in [0.15, 0.2) is 0 Å². The lowest BCUT2D eigenvalue weighted by atomic mass is 10.2. The van der Waals surface area contributed by atoms with Crippen molar-refractivity contribution in [2.75, 3.05) is 10.6 Å². The number of nitrogens with two attached hydrogens (primary N) is 1. The molecule has 2 aliphatic rings. The number of ether oxygens (including phenoxy) is 1. The molecule has 0 radical (unpaired) electrons. The van der Waals surface area contributed by atoms with E-state index in [2.05, 4.69) is 4.98 Å². The summed E-state index contributed by atoms with van der Waals surface area (Å²) in [6.07, 6.45) is 1.61. The number of hydrogen-bond donors (Lipinski definition) is 1. The van der Waals surface area contributed by atoms with Gasteiger partial charge in [0, 0.05) is 0 Å². The van der Waals surface area contributed by atoms with Gasteiger partial charge in [-0.3, -0.25) is 9.59 Å². The SMILES string of the molecule is Nc1ccc(N2C(=O)C3CCC(O3)C2=O)nc1.